The van der Waals surface area contributed by atoms with Crippen LogP contribution in [0.2, 0.25) is 0 Å². The van der Waals surface area contributed by atoms with Gasteiger partial charge in [0.2, 0.25) is 0 Å². The number of rotatable bonds is 3. The molecule has 5 nitrogen and oxygen atoms in total. The molecule has 126 valence electrons. The van der Waals surface area contributed by atoms with Crippen molar-refractivity contribution in [3.05, 3.63) is 60.3 Å². The standard InChI is InChI=1S/C13H14NO.CHF3O3S/c1-14-10-6-5-9-13(14)15-11-12-7-3-2-4-8-12;2-1(3,4)8(5,6)7/h2-10H,11H2,1H3;(H,5,6,7)/q+1;. The molecule has 2 rings (SSSR count). The number of alkyl halides is 3. The fraction of sp³-hybridized carbons (Fsp3) is 0.214. The Bertz CT molecular complexity index is 718. The summed E-state index contributed by atoms with van der Waals surface area (Å²) in [5.74, 6) is 0.876. The molecule has 0 fully saturated rings. The zero-order chi connectivity index (χ0) is 17.5. The highest BCUT2D eigenvalue weighted by Crippen LogP contribution is 2.20. The minimum Gasteiger partial charge on any atom is -0.440 e. The molecule has 9 heteroatoms. The van der Waals surface area contributed by atoms with Gasteiger partial charge >= 0.3 is 21.5 Å². The average Bonchev–Trinajstić information content (AvgIpc) is 2.46. The van der Waals surface area contributed by atoms with Crippen LogP contribution in [-0.2, 0) is 23.8 Å². The zero-order valence-corrected chi connectivity index (χ0v) is 12.9. The lowest BCUT2D eigenvalue weighted by atomic mass is 10.2. The molecule has 0 saturated heterocycles. The molecule has 1 heterocycles. The average molecular weight is 350 g/mol. The lowest BCUT2D eigenvalue weighted by Gasteiger charge is -2.03. The zero-order valence-electron chi connectivity index (χ0n) is 12.1. The normalized spacial score (nSPS) is 11.3. The maximum absolute atomic E-state index is 10.7. The molecule has 0 atom stereocenters. The molecule has 0 spiro atoms. The molecule has 0 aliphatic heterocycles. The summed E-state index contributed by atoms with van der Waals surface area (Å²) in [6.07, 6.45) is 1.97. The van der Waals surface area contributed by atoms with E-state index < -0.39 is 15.6 Å². The van der Waals surface area contributed by atoms with Gasteiger partial charge in [-0.25, -0.2) is 0 Å². The van der Waals surface area contributed by atoms with E-state index in [1.54, 1.807) is 0 Å². The largest absolute Gasteiger partial charge is 0.522 e. The van der Waals surface area contributed by atoms with E-state index in [4.69, 9.17) is 17.7 Å². The van der Waals surface area contributed by atoms with Gasteiger partial charge < -0.3 is 4.74 Å². The van der Waals surface area contributed by atoms with Crippen LogP contribution >= 0.6 is 0 Å². The van der Waals surface area contributed by atoms with Crippen molar-refractivity contribution < 1.29 is 35.4 Å². The van der Waals surface area contributed by atoms with Crippen LogP contribution in [0, 0.1) is 0 Å². The van der Waals surface area contributed by atoms with Crippen LogP contribution in [0.15, 0.2) is 54.7 Å². The quantitative estimate of drug-likeness (QED) is 0.525. The van der Waals surface area contributed by atoms with Gasteiger partial charge in [0.1, 0.15) is 13.7 Å². The third kappa shape index (κ3) is 6.66. The Labute approximate surface area is 131 Å². The van der Waals surface area contributed by atoms with Crippen molar-refractivity contribution in [2.75, 3.05) is 0 Å². The number of hydrogen-bond donors (Lipinski definition) is 1. The molecule has 1 aromatic heterocycles. The minimum atomic E-state index is -5.84. The second kappa shape index (κ2) is 7.93. The lowest BCUT2D eigenvalue weighted by Crippen LogP contribution is -2.29. The molecule has 0 saturated carbocycles. The Morgan fingerprint density at radius 3 is 2.09 bits per heavy atom. The first-order chi connectivity index (χ1) is 10.6. The van der Waals surface area contributed by atoms with E-state index in [1.165, 1.54) is 5.56 Å². The Kier molecular flexibility index (Phi) is 6.52. The first-order valence-electron chi connectivity index (χ1n) is 6.26. The van der Waals surface area contributed by atoms with E-state index in [0.717, 1.165) is 5.88 Å². The highest BCUT2D eigenvalue weighted by atomic mass is 32.2. The van der Waals surface area contributed by atoms with E-state index in [9.17, 15) is 13.2 Å². The smallest absolute Gasteiger partial charge is 0.440 e. The second-order valence-electron chi connectivity index (χ2n) is 4.34. The fourth-order valence-corrected chi connectivity index (χ4v) is 1.39. The van der Waals surface area contributed by atoms with Crippen LogP contribution < -0.4 is 9.30 Å². The Morgan fingerprint density at radius 1 is 1.09 bits per heavy atom. The number of halogens is 3. The maximum atomic E-state index is 10.7. The molecule has 0 aliphatic carbocycles. The van der Waals surface area contributed by atoms with Crippen LogP contribution in [-0.4, -0.2) is 18.5 Å². The van der Waals surface area contributed by atoms with Gasteiger partial charge in [-0.1, -0.05) is 30.3 Å². The topological polar surface area (TPSA) is 67.5 Å². The van der Waals surface area contributed by atoms with Gasteiger partial charge in [0.25, 0.3) is 0 Å². The first kappa shape index (κ1) is 18.9. The molecule has 0 unspecified atom stereocenters. The number of aryl methyl sites for hydroxylation is 1. The van der Waals surface area contributed by atoms with Crippen LogP contribution in [0.4, 0.5) is 13.2 Å². The number of ether oxygens (including phenoxy) is 1. The molecule has 2 aromatic rings. The summed E-state index contributed by atoms with van der Waals surface area (Å²) in [6.45, 7) is 0.610. The monoisotopic (exact) mass is 350 g/mol. The summed E-state index contributed by atoms with van der Waals surface area (Å²) < 4.78 is 65.2. The van der Waals surface area contributed by atoms with Gasteiger partial charge in [-0.3, -0.25) is 4.55 Å². The number of benzene rings is 1. The predicted octanol–water partition coefficient (Wildman–Crippen LogP) is 2.48. The fourth-order valence-electron chi connectivity index (χ4n) is 1.39. The summed E-state index contributed by atoms with van der Waals surface area (Å²) >= 11 is 0. The van der Waals surface area contributed by atoms with Crippen LogP contribution in [0.5, 0.6) is 5.88 Å². The van der Waals surface area contributed by atoms with Gasteiger partial charge in [0, 0.05) is 6.07 Å². The molecular formula is C14H15F3NO4S+. The molecule has 23 heavy (non-hydrogen) atoms. The highest BCUT2D eigenvalue weighted by Gasteiger charge is 2.44. The molecule has 1 aromatic carbocycles. The van der Waals surface area contributed by atoms with E-state index in [2.05, 4.69) is 12.1 Å². The predicted molar refractivity (Wildman–Crippen MR) is 76.0 cm³/mol. The molecule has 1 N–H and O–H groups in total. The van der Waals surface area contributed by atoms with Crippen LogP contribution in [0.25, 0.3) is 0 Å². The van der Waals surface area contributed by atoms with Crippen LogP contribution in [0.1, 0.15) is 5.56 Å². The number of pyridine rings is 1. The summed E-state index contributed by atoms with van der Waals surface area (Å²) in [5, 5.41) is 0. The van der Waals surface area contributed by atoms with Crippen molar-refractivity contribution >= 4 is 10.1 Å². The van der Waals surface area contributed by atoms with Crippen LogP contribution in [0.3, 0.4) is 0 Å². The lowest BCUT2D eigenvalue weighted by molar-refractivity contribution is -0.677. The minimum absolute atomic E-state index is 0.610. The van der Waals surface area contributed by atoms with E-state index in [-0.39, 0.29) is 0 Å². The number of hydrogen-bond acceptors (Lipinski definition) is 3. The third-order valence-electron chi connectivity index (χ3n) is 2.53. The molecule has 0 aliphatic rings. The summed E-state index contributed by atoms with van der Waals surface area (Å²) in [4.78, 5) is 0. The summed E-state index contributed by atoms with van der Waals surface area (Å²) in [6, 6.07) is 16.1. The Morgan fingerprint density at radius 2 is 1.61 bits per heavy atom. The first-order valence-corrected chi connectivity index (χ1v) is 7.70. The maximum Gasteiger partial charge on any atom is 0.522 e. The molecular weight excluding hydrogens is 335 g/mol. The van der Waals surface area contributed by atoms with E-state index in [1.807, 2.05) is 54.2 Å². The number of nitrogens with zero attached hydrogens (tertiary/aromatic N) is 1. The third-order valence-corrected chi connectivity index (χ3v) is 3.11. The van der Waals surface area contributed by atoms with Gasteiger partial charge in [0.05, 0.1) is 6.07 Å². The van der Waals surface area contributed by atoms with Gasteiger partial charge in [0.15, 0.2) is 6.20 Å². The van der Waals surface area contributed by atoms with Crippen molar-refractivity contribution in [2.45, 2.75) is 12.1 Å². The van der Waals surface area contributed by atoms with Crippen molar-refractivity contribution in [3.8, 4) is 5.88 Å². The summed E-state index contributed by atoms with van der Waals surface area (Å²) in [5.41, 5.74) is -4.35. The van der Waals surface area contributed by atoms with Crippen molar-refractivity contribution in [3.63, 3.8) is 0 Å². The SMILES string of the molecule is C[n+]1ccccc1OCc1ccccc1.O=S(=O)(O)C(F)(F)F. The van der Waals surface area contributed by atoms with Crippen molar-refractivity contribution in [2.24, 2.45) is 7.05 Å². The van der Waals surface area contributed by atoms with Crippen molar-refractivity contribution in [1.82, 2.24) is 0 Å². The summed E-state index contributed by atoms with van der Waals surface area (Å²) in [7, 11) is -3.87. The molecule has 0 amide bonds. The highest BCUT2D eigenvalue weighted by molar-refractivity contribution is 7.86. The van der Waals surface area contributed by atoms with E-state index >= 15 is 0 Å². The van der Waals surface area contributed by atoms with Gasteiger partial charge in [-0.2, -0.15) is 26.2 Å². The van der Waals surface area contributed by atoms with E-state index in [0.29, 0.717) is 6.61 Å². The number of aromatic nitrogens is 1. The molecule has 0 bridgehead atoms. The van der Waals surface area contributed by atoms with Crippen molar-refractivity contribution in [1.29, 1.82) is 0 Å². The Balaban J connectivity index is 0.000000284. The van der Waals surface area contributed by atoms with Gasteiger partial charge in [-0.15, -0.1) is 0 Å². The second-order valence-corrected chi connectivity index (χ2v) is 5.76. The Hall–Kier alpha value is -2.13. The van der Waals surface area contributed by atoms with Gasteiger partial charge in [-0.05, 0) is 11.6 Å². The molecule has 0 radical (unpaired) electrons.